The molecule has 0 saturated heterocycles. The molecule has 1 N–H and O–H groups in total. The van der Waals surface area contributed by atoms with Crippen LogP contribution in [0, 0.1) is 12.8 Å². The number of amides is 1. The molecule has 1 saturated carbocycles. The monoisotopic (exact) mass is 471 g/mol. The van der Waals surface area contributed by atoms with Gasteiger partial charge >= 0.3 is 0 Å². The van der Waals surface area contributed by atoms with Crippen molar-refractivity contribution >= 4 is 61.3 Å². The third-order valence-corrected chi connectivity index (χ3v) is 8.67. The Hall–Kier alpha value is -2.11. The summed E-state index contributed by atoms with van der Waals surface area (Å²) in [6.45, 7) is 4.19. The van der Waals surface area contributed by atoms with Crippen molar-refractivity contribution < 1.29 is 4.79 Å². The summed E-state index contributed by atoms with van der Waals surface area (Å²) >= 11 is 4.60. The number of thiophene rings is 1. The van der Waals surface area contributed by atoms with Crippen molar-refractivity contribution in [3.63, 3.8) is 0 Å². The van der Waals surface area contributed by atoms with Crippen LogP contribution < -0.4 is 5.32 Å². The fourth-order valence-electron chi connectivity index (χ4n) is 4.18. The molecule has 0 radical (unpaired) electrons. The highest BCUT2D eigenvalue weighted by molar-refractivity contribution is 7.99. The molecule has 4 aromatic heterocycles. The molecule has 6 rings (SSSR count). The molecule has 2 aliphatic carbocycles. The summed E-state index contributed by atoms with van der Waals surface area (Å²) in [6.07, 6.45) is 5.71. The zero-order valence-corrected chi connectivity index (χ0v) is 19.7. The standard InChI is InChI=1S/C20H21N7OS3/c1-9-3-6-12-13(7-9)31-18-15(12)17-24-26-20(27(17)16(22-18)11-4-5-11)29-8-14(28)21-19-25-23-10(2)30-19/h9,11H,3-8H2,1-2H3,(H,21,25,28). The zero-order valence-electron chi connectivity index (χ0n) is 17.2. The Bertz CT molecular complexity index is 1320. The lowest BCUT2D eigenvalue weighted by atomic mass is 9.89. The summed E-state index contributed by atoms with van der Waals surface area (Å²) in [5, 5.41) is 23.0. The average Bonchev–Trinajstić information content (AvgIpc) is 3.21. The number of aromatic nitrogens is 6. The number of hydrogen-bond acceptors (Lipinski definition) is 9. The smallest absolute Gasteiger partial charge is 0.236 e. The maximum absolute atomic E-state index is 12.4. The maximum Gasteiger partial charge on any atom is 0.236 e. The fraction of sp³-hybridized carbons (Fsp3) is 0.500. The molecule has 1 amide bonds. The summed E-state index contributed by atoms with van der Waals surface area (Å²) < 4.78 is 2.11. The molecule has 1 atom stereocenters. The van der Waals surface area contributed by atoms with Gasteiger partial charge in [0.05, 0.1) is 11.1 Å². The molecule has 0 bridgehead atoms. The third-order valence-electron chi connectivity index (χ3n) is 5.84. The van der Waals surface area contributed by atoms with E-state index in [1.165, 1.54) is 45.3 Å². The predicted octanol–water partition coefficient (Wildman–Crippen LogP) is 4.23. The van der Waals surface area contributed by atoms with E-state index in [0.29, 0.717) is 11.0 Å². The van der Waals surface area contributed by atoms with Crippen LogP contribution in [-0.2, 0) is 17.6 Å². The highest BCUT2D eigenvalue weighted by Crippen LogP contribution is 2.44. The molecule has 1 fully saturated rings. The number of nitrogens with one attached hydrogen (secondary N) is 1. The molecule has 4 heterocycles. The van der Waals surface area contributed by atoms with Crippen molar-refractivity contribution in [1.29, 1.82) is 0 Å². The number of nitrogens with zero attached hydrogens (tertiary/aromatic N) is 6. The SMILES string of the molecule is Cc1nnc(NC(=O)CSc2nnc3c4c5c(sc4nc(C4CC4)n23)CC(C)CC5)s1. The minimum Gasteiger partial charge on any atom is -0.300 e. The van der Waals surface area contributed by atoms with E-state index in [-0.39, 0.29) is 11.7 Å². The van der Waals surface area contributed by atoms with Gasteiger partial charge < -0.3 is 0 Å². The summed E-state index contributed by atoms with van der Waals surface area (Å²) in [5.74, 6) is 2.33. The van der Waals surface area contributed by atoms with E-state index in [4.69, 9.17) is 4.98 Å². The molecule has 1 unspecified atom stereocenters. The van der Waals surface area contributed by atoms with Crippen molar-refractivity contribution in [3.8, 4) is 0 Å². The van der Waals surface area contributed by atoms with Gasteiger partial charge in [-0.2, -0.15) is 0 Å². The number of fused-ring (bicyclic) bond motifs is 5. The Kier molecular flexibility index (Phi) is 4.73. The first kappa shape index (κ1) is 19.6. The van der Waals surface area contributed by atoms with Crippen LogP contribution in [-0.4, -0.2) is 41.4 Å². The molecule has 4 aromatic rings. The summed E-state index contributed by atoms with van der Waals surface area (Å²) in [4.78, 5) is 20.1. The molecule has 2 aliphatic rings. The van der Waals surface area contributed by atoms with Crippen molar-refractivity contribution in [2.45, 2.75) is 57.0 Å². The highest BCUT2D eigenvalue weighted by atomic mass is 32.2. The van der Waals surface area contributed by atoms with Crippen molar-refractivity contribution in [2.24, 2.45) is 5.92 Å². The molecule has 11 heteroatoms. The number of thioether (sulfide) groups is 1. The second kappa shape index (κ2) is 7.49. The quantitative estimate of drug-likeness (QED) is 0.435. The summed E-state index contributed by atoms with van der Waals surface area (Å²) in [7, 11) is 0. The van der Waals surface area contributed by atoms with Crippen molar-refractivity contribution in [3.05, 3.63) is 21.3 Å². The van der Waals surface area contributed by atoms with E-state index in [0.717, 1.165) is 58.1 Å². The van der Waals surface area contributed by atoms with E-state index in [2.05, 4.69) is 37.0 Å². The van der Waals surface area contributed by atoms with Gasteiger partial charge in [0.1, 0.15) is 15.7 Å². The molecule has 160 valence electrons. The Labute approximate surface area is 190 Å². The summed E-state index contributed by atoms with van der Waals surface area (Å²) in [6, 6.07) is 0. The van der Waals surface area contributed by atoms with E-state index >= 15 is 0 Å². The number of hydrogen-bond donors (Lipinski definition) is 1. The van der Waals surface area contributed by atoms with Crippen LogP contribution in [0.25, 0.3) is 15.9 Å². The second-order valence-electron chi connectivity index (χ2n) is 8.38. The second-order valence-corrected chi connectivity index (χ2v) is 11.6. The van der Waals surface area contributed by atoms with Gasteiger partial charge in [-0.15, -0.1) is 31.7 Å². The summed E-state index contributed by atoms with van der Waals surface area (Å²) in [5.41, 5.74) is 2.31. The molecule has 0 spiro atoms. The molecular weight excluding hydrogens is 450 g/mol. The zero-order chi connectivity index (χ0) is 21.1. The Morgan fingerprint density at radius 3 is 2.84 bits per heavy atom. The average molecular weight is 472 g/mol. The maximum atomic E-state index is 12.4. The van der Waals surface area contributed by atoms with Gasteiger partial charge in [-0.3, -0.25) is 14.5 Å². The number of anilines is 1. The van der Waals surface area contributed by atoms with Crippen molar-refractivity contribution in [1.82, 2.24) is 29.8 Å². The van der Waals surface area contributed by atoms with Crippen LogP contribution in [0.4, 0.5) is 5.13 Å². The van der Waals surface area contributed by atoms with Gasteiger partial charge in [-0.25, -0.2) is 4.98 Å². The highest BCUT2D eigenvalue weighted by Gasteiger charge is 2.32. The van der Waals surface area contributed by atoms with Crippen LogP contribution in [0.2, 0.25) is 0 Å². The van der Waals surface area contributed by atoms with Crippen LogP contribution in [0.15, 0.2) is 5.16 Å². The molecule has 31 heavy (non-hydrogen) atoms. The predicted molar refractivity (Wildman–Crippen MR) is 123 cm³/mol. The molecular formula is C20H21N7OS3. The lowest BCUT2D eigenvalue weighted by Gasteiger charge is -2.17. The lowest BCUT2D eigenvalue weighted by Crippen LogP contribution is -2.14. The molecule has 0 aromatic carbocycles. The van der Waals surface area contributed by atoms with Crippen LogP contribution in [0.1, 0.15) is 53.4 Å². The fourth-order valence-corrected chi connectivity index (χ4v) is 6.91. The largest absolute Gasteiger partial charge is 0.300 e. The Morgan fingerprint density at radius 2 is 2.06 bits per heavy atom. The Morgan fingerprint density at radius 1 is 1.19 bits per heavy atom. The van der Waals surface area contributed by atoms with Gasteiger partial charge in [0.15, 0.2) is 10.8 Å². The normalized spacial score (nSPS) is 18.6. The van der Waals surface area contributed by atoms with Crippen LogP contribution in [0.3, 0.4) is 0 Å². The number of aryl methyl sites for hydroxylation is 2. The van der Waals surface area contributed by atoms with E-state index in [1.807, 2.05) is 18.3 Å². The van der Waals surface area contributed by atoms with E-state index in [1.54, 1.807) is 0 Å². The minimum absolute atomic E-state index is 0.123. The van der Waals surface area contributed by atoms with Gasteiger partial charge in [-0.1, -0.05) is 30.0 Å². The van der Waals surface area contributed by atoms with Gasteiger partial charge in [0.2, 0.25) is 11.0 Å². The minimum atomic E-state index is -0.123. The van der Waals surface area contributed by atoms with Crippen molar-refractivity contribution in [2.75, 3.05) is 11.1 Å². The van der Waals surface area contributed by atoms with E-state index < -0.39 is 0 Å². The third kappa shape index (κ3) is 3.52. The molecule has 8 nitrogen and oxygen atoms in total. The Balaban J connectivity index is 1.36. The van der Waals surface area contributed by atoms with Gasteiger partial charge in [-0.05, 0) is 50.5 Å². The van der Waals surface area contributed by atoms with Crippen LogP contribution in [0.5, 0.6) is 0 Å². The van der Waals surface area contributed by atoms with E-state index in [9.17, 15) is 4.79 Å². The first-order valence-corrected chi connectivity index (χ1v) is 13.1. The van der Waals surface area contributed by atoms with Gasteiger partial charge in [0.25, 0.3) is 0 Å². The van der Waals surface area contributed by atoms with Gasteiger partial charge in [0, 0.05) is 10.8 Å². The first-order valence-electron chi connectivity index (χ1n) is 10.5. The molecule has 0 aliphatic heterocycles. The number of carbonyl (C=O) groups is 1. The number of rotatable bonds is 5. The topological polar surface area (TPSA) is 98.0 Å². The first-order chi connectivity index (χ1) is 15.1. The number of carbonyl (C=O) groups excluding carboxylic acids is 1. The lowest BCUT2D eigenvalue weighted by molar-refractivity contribution is -0.113. The van der Waals surface area contributed by atoms with Crippen LogP contribution >= 0.6 is 34.4 Å².